The Balaban J connectivity index is 1.51. The maximum Gasteiger partial charge on any atom is 0.314 e. The zero-order chi connectivity index (χ0) is 22.2. The first-order valence-electron chi connectivity index (χ1n) is 9.57. The molecule has 9 heteroatoms. The predicted molar refractivity (Wildman–Crippen MR) is 110 cm³/mol. The highest BCUT2D eigenvalue weighted by molar-refractivity contribution is 6.11. The van der Waals surface area contributed by atoms with Crippen LogP contribution in [0.1, 0.15) is 33.8 Å². The van der Waals surface area contributed by atoms with E-state index >= 15 is 0 Å². The molecular formula is C23H13F2N5O2. The van der Waals surface area contributed by atoms with E-state index in [0.29, 0.717) is 34.6 Å². The first kappa shape index (κ1) is 19.5. The monoisotopic (exact) mass is 429 g/mol. The van der Waals surface area contributed by atoms with Gasteiger partial charge in [0.25, 0.3) is 11.8 Å². The van der Waals surface area contributed by atoms with E-state index in [1.54, 1.807) is 59.6 Å². The van der Waals surface area contributed by atoms with E-state index in [1.807, 2.05) is 6.07 Å². The van der Waals surface area contributed by atoms with Crippen LogP contribution >= 0.6 is 0 Å². The summed E-state index contributed by atoms with van der Waals surface area (Å²) in [5, 5.41) is 16.2. The fourth-order valence-corrected chi connectivity index (χ4v) is 3.64. The number of pyridine rings is 1. The van der Waals surface area contributed by atoms with Gasteiger partial charge in [0.15, 0.2) is 0 Å². The number of fused-ring (bicyclic) bond motifs is 1. The van der Waals surface area contributed by atoms with Crippen LogP contribution in [-0.4, -0.2) is 21.1 Å². The van der Waals surface area contributed by atoms with Crippen molar-refractivity contribution in [2.75, 3.05) is 4.90 Å². The Bertz CT molecular complexity index is 1390. The number of nitrogens with zero attached hydrogens (tertiary/aromatic N) is 5. The van der Waals surface area contributed by atoms with Crippen molar-refractivity contribution >= 4 is 11.6 Å². The molecule has 2 aromatic heterocycles. The first-order valence-corrected chi connectivity index (χ1v) is 9.57. The van der Waals surface area contributed by atoms with Crippen molar-refractivity contribution in [1.82, 2.24) is 15.2 Å². The minimum Gasteiger partial charge on any atom is -0.415 e. The van der Waals surface area contributed by atoms with Gasteiger partial charge in [-0.2, -0.15) is 14.0 Å². The van der Waals surface area contributed by atoms with Crippen molar-refractivity contribution < 1.29 is 18.0 Å². The second kappa shape index (κ2) is 7.67. The van der Waals surface area contributed by atoms with Gasteiger partial charge < -0.3 is 9.32 Å². The van der Waals surface area contributed by atoms with Crippen molar-refractivity contribution in [2.45, 2.75) is 13.0 Å². The summed E-state index contributed by atoms with van der Waals surface area (Å²) >= 11 is 0. The molecule has 1 amide bonds. The predicted octanol–water partition coefficient (Wildman–Crippen LogP) is 4.77. The number of hydrogen-bond donors (Lipinski definition) is 0. The third-order valence-electron chi connectivity index (χ3n) is 5.13. The standard InChI is InChI=1S/C23H13F2N5O2/c24-20(25)22-29-28-21(32-22)15-6-7-16-12-30(23(31)17(16)10-15)18-5-2-8-27-19(18)14-4-1-3-13(9-14)11-26/h1-10,20H,12H2. The number of amides is 1. The van der Waals surface area contributed by atoms with Gasteiger partial charge in [-0.1, -0.05) is 18.2 Å². The van der Waals surface area contributed by atoms with Crippen LogP contribution in [0.15, 0.2) is 65.2 Å². The van der Waals surface area contributed by atoms with Crippen LogP contribution in [-0.2, 0) is 6.54 Å². The van der Waals surface area contributed by atoms with Crippen LogP contribution in [0.3, 0.4) is 0 Å². The summed E-state index contributed by atoms with van der Waals surface area (Å²) in [7, 11) is 0. The van der Waals surface area contributed by atoms with Crippen LogP contribution in [0, 0.1) is 11.3 Å². The molecule has 0 bridgehead atoms. The minimum atomic E-state index is -2.87. The molecule has 0 aliphatic carbocycles. The highest BCUT2D eigenvalue weighted by Crippen LogP contribution is 2.36. The lowest BCUT2D eigenvalue weighted by Gasteiger charge is -2.19. The summed E-state index contributed by atoms with van der Waals surface area (Å²) in [6, 6.07) is 17.6. The fourth-order valence-electron chi connectivity index (χ4n) is 3.64. The average molecular weight is 429 g/mol. The van der Waals surface area contributed by atoms with Gasteiger partial charge in [-0.05, 0) is 42.0 Å². The molecule has 4 aromatic rings. The topological polar surface area (TPSA) is 95.9 Å². The summed E-state index contributed by atoms with van der Waals surface area (Å²) in [5.41, 5.74) is 3.95. The Labute approximate surface area is 180 Å². The summed E-state index contributed by atoms with van der Waals surface area (Å²) in [5.74, 6) is -1.11. The number of aromatic nitrogens is 3. The molecule has 0 radical (unpaired) electrons. The van der Waals surface area contributed by atoms with Crippen LogP contribution in [0.5, 0.6) is 0 Å². The SMILES string of the molecule is N#Cc1cccc(-c2ncccc2N2Cc3ccc(-c4nnc(C(F)F)o4)cc3C2=O)c1. The third kappa shape index (κ3) is 3.28. The molecule has 1 aliphatic heterocycles. The van der Waals surface area contributed by atoms with E-state index in [2.05, 4.69) is 21.3 Å². The van der Waals surface area contributed by atoms with Gasteiger partial charge in [0.1, 0.15) is 0 Å². The molecule has 5 rings (SSSR count). The van der Waals surface area contributed by atoms with Gasteiger partial charge in [-0.3, -0.25) is 9.78 Å². The zero-order valence-electron chi connectivity index (χ0n) is 16.4. The Morgan fingerprint density at radius 1 is 1.06 bits per heavy atom. The number of hydrogen-bond acceptors (Lipinski definition) is 6. The summed E-state index contributed by atoms with van der Waals surface area (Å²) in [6.07, 6.45) is -1.24. The van der Waals surface area contributed by atoms with Crippen LogP contribution in [0.2, 0.25) is 0 Å². The summed E-state index contributed by atoms with van der Waals surface area (Å²) in [6.45, 7) is 0.317. The normalized spacial score (nSPS) is 12.8. The quantitative estimate of drug-likeness (QED) is 0.464. The lowest BCUT2D eigenvalue weighted by atomic mass is 10.1. The van der Waals surface area contributed by atoms with E-state index in [1.165, 1.54) is 0 Å². The largest absolute Gasteiger partial charge is 0.415 e. The first-order chi connectivity index (χ1) is 15.5. The number of carbonyl (C=O) groups is 1. The van der Waals surface area contributed by atoms with Gasteiger partial charge in [0.05, 0.1) is 29.6 Å². The molecule has 0 N–H and O–H groups in total. The van der Waals surface area contributed by atoms with Gasteiger partial charge in [-0.15, -0.1) is 10.2 Å². The molecule has 3 heterocycles. The molecule has 0 fully saturated rings. The molecule has 0 saturated heterocycles. The van der Waals surface area contributed by atoms with Gasteiger partial charge in [0.2, 0.25) is 5.89 Å². The van der Waals surface area contributed by atoms with E-state index in [9.17, 15) is 18.8 Å². The molecule has 7 nitrogen and oxygen atoms in total. The van der Waals surface area contributed by atoms with E-state index in [0.717, 1.165) is 11.1 Å². The second-order valence-corrected chi connectivity index (χ2v) is 7.07. The van der Waals surface area contributed by atoms with Gasteiger partial charge >= 0.3 is 6.43 Å². The Morgan fingerprint density at radius 2 is 1.94 bits per heavy atom. The van der Waals surface area contributed by atoms with E-state index in [-0.39, 0.29) is 11.8 Å². The van der Waals surface area contributed by atoms with Crippen LogP contribution in [0.4, 0.5) is 14.5 Å². The molecule has 32 heavy (non-hydrogen) atoms. The number of anilines is 1. The fraction of sp³-hybridized carbons (Fsp3) is 0.0870. The van der Waals surface area contributed by atoms with E-state index in [4.69, 9.17) is 4.42 Å². The number of alkyl halides is 2. The van der Waals surface area contributed by atoms with Crippen molar-refractivity contribution in [2.24, 2.45) is 0 Å². The molecule has 156 valence electrons. The molecule has 1 aliphatic rings. The zero-order valence-corrected chi connectivity index (χ0v) is 16.4. The molecule has 0 spiro atoms. The maximum absolute atomic E-state index is 13.3. The molecule has 0 saturated carbocycles. The minimum absolute atomic E-state index is 0.0789. The number of rotatable bonds is 4. The Kier molecular flexibility index (Phi) is 4.67. The summed E-state index contributed by atoms with van der Waals surface area (Å²) < 4.78 is 30.5. The lowest BCUT2D eigenvalue weighted by Crippen LogP contribution is -2.24. The summed E-state index contributed by atoms with van der Waals surface area (Å²) in [4.78, 5) is 19.3. The van der Waals surface area contributed by atoms with Crippen molar-refractivity contribution in [1.29, 1.82) is 5.26 Å². The molecule has 2 aromatic carbocycles. The third-order valence-corrected chi connectivity index (χ3v) is 5.13. The molecule has 0 unspecified atom stereocenters. The van der Waals surface area contributed by atoms with Crippen LogP contribution in [0.25, 0.3) is 22.7 Å². The number of carbonyl (C=O) groups excluding carboxylic acids is 1. The van der Waals surface area contributed by atoms with Gasteiger partial charge in [0, 0.05) is 22.9 Å². The molecular weight excluding hydrogens is 416 g/mol. The lowest BCUT2D eigenvalue weighted by molar-refractivity contribution is 0.0996. The van der Waals surface area contributed by atoms with Crippen molar-refractivity contribution in [3.8, 4) is 28.8 Å². The number of nitriles is 1. The van der Waals surface area contributed by atoms with Crippen molar-refractivity contribution in [3.63, 3.8) is 0 Å². The number of halogens is 2. The highest BCUT2D eigenvalue weighted by Gasteiger charge is 2.31. The van der Waals surface area contributed by atoms with Crippen LogP contribution < -0.4 is 4.90 Å². The van der Waals surface area contributed by atoms with E-state index < -0.39 is 12.3 Å². The Hall–Kier alpha value is -4.45. The Morgan fingerprint density at radius 3 is 2.72 bits per heavy atom. The average Bonchev–Trinajstić information content (AvgIpc) is 3.44. The van der Waals surface area contributed by atoms with Crippen molar-refractivity contribution in [3.05, 3.63) is 83.4 Å². The highest BCUT2D eigenvalue weighted by atomic mass is 19.3. The second-order valence-electron chi connectivity index (χ2n) is 7.07. The van der Waals surface area contributed by atoms with Gasteiger partial charge in [-0.25, -0.2) is 0 Å². The molecule has 0 atom stereocenters. The number of benzene rings is 2. The smallest absolute Gasteiger partial charge is 0.314 e. The maximum atomic E-state index is 13.3.